The van der Waals surface area contributed by atoms with Gasteiger partial charge in [-0.15, -0.1) is 0 Å². The number of piperidine rings is 1. The summed E-state index contributed by atoms with van der Waals surface area (Å²) in [6.45, 7) is 4.52. The summed E-state index contributed by atoms with van der Waals surface area (Å²) in [6, 6.07) is 8.24. The number of rotatable bonds is 6. The first kappa shape index (κ1) is 19.3. The SMILES string of the molecule is CS(=O)(=O)N1CCC[C@@H](C(=O)NCc2ccccc2CN2CCCC2)C1. The summed E-state index contributed by atoms with van der Waals surface area (Å²) in [4.78, 5) is 15.0. The van der Waals surface area contributed by atoms with E-state index >= 15 is 0 Å². The number of benzene rings is 1. The molecule has 0 aliphatic carbocycles. The molecule has 144 valence electrons. The number of carbonyl (C=O) groups is 1. The van der Waals surface area contributed by atoms with Crippen LogP contribution >= 0.6 is 0 Å². The molecule has 1 N–H and O–H groups in total. The Hall–Kier alpha value is -1.44. The number of nitrogens with zero attached hydrogens (tertiary/aromatic N) is 2. The lowest BCUT2D eigenvalue weighted by Gasteiger charge is -2.30. The van der Waals surface area contributed by atoms with Crippen molar-refractivity contribution in [1.82, 2.24) is 14.5 Å². The Balaban J connectivity index is 1.57. The summed E-state index contributed by atoms with van der Waals surface area (Å²) in [5.74, 6) is -0.307. The first-order valence-corrected chi connectivity index (χ1v) is 11.3. The van der Waals surface area contributed by atoms with Crippen molar-refractivity contribution in [3.05, 3.63) is 35.4 Å². The van der Waals surface area contributed by atoms with Crippen LogP contribution < -0.4 is 5.32 Å². The Morgan fingerprint density at radius 1 is 1.12 bits per heavy atom. The number of hydrogen-bond acceptors (Lipinski definition) is 4. The van der Waals surface area contributed by atoms with E-state index in [0.29, 0.717) is 19.6 Å². The number of amides is 1. The van der Waals surface area contributed by atoms with Gasteiger partial charge in [0.1, 0.15) is 0 Å². The molecule has 26 heavy (non-hydrogen) atoms. The normalized spacial score (nSPS) is 22.4. The predicted octanol–water partition coefficient (Wildman–Crippen LogP) is 1.57. The van der Waals surface area contributed by atoms with Gasteiger partial charge in [-0.25, -0.2) is 12.7 Å². The fourth-order valence-electron chi connectivity index (χ4n) is 3.85. The van der Waals surface area contributed by atoms with E-state index < -0.39 is 10.0 Å². The summed E-state index contributed by atoms with van der Waals surface area (Å²) >= 11 is 0. The highest BCUT2D eigenvalue weighted by Crippen LogP contribution is 2.20. The predicted molar refractivity (Wildman–Crippen MR) is 102 cm³/mol. The maximum absolute atomic E-state index is 12.6. The van der Waals surface area contributed by atoms with Gasteiger partial charge in [0.25, 0.3) is 0 Å². The molecular formula is C19H29N3O3S. The van der Waals surface area contributed by atoms with Crippen molar-refractivity contribution < 1.29 is 13.2 Å². The molecule has 2 fully saturated rings. The second kappa shape index (κ2) is 8.50. The minimum atomic E-state index is -3.23. The third-order valence-corrected chi connectivity index (χ3v) is 6.66. The second-order valence-electron chi connectivity index (χ2n) is 7.43. The largest absolute Gasteiger partial charge is 0.352 e. The Kier molecular flexibility index (Phi) is 6.32. The van der Waals surface area contributed by atoms with E-state index in [4.69, 9.17) is 0 Å². The van der Waals surface area contributed by atoms with E-state index in [0.717, 1.165) is 38.0 Å². The molecule has 0 bridgehead atoms. The molecule has 0 spiro atoms. The molecule has 1 aromatic carbocycles. The summed E-state index contributed by atoms with van der Waals surface area (Å²) in [7, 11) is -3.23. The molecule has 0 aromatic heterocycles. The van der Waals surface area contributed by atoms with Crippen molar-refractivity contribution in [2.45, 2.75) is 38.8 Å². The zero-order chi connectivity index (χ0) is 18.6. The van der Waals surface area contributed by atoms with Crippen LogP contribution in [0.3, 0.4) is 0 Å². The third-order valence-electron chi connectivity index (χ3n) is 5.39. The van der Waals surface area contributed by atoms with Gasteiger partial charge < -0.3 is 5.32 Å². The highest BCUT2D eigenvalue weighted by atomic mass is 32.2. The number of likely N-dealkylation sites (tertiary alicyclic amines) is 1. The molecule has 7 heteroatoms. The smallest absolute Gasteiger partial charge is 0.224 e. The van der Waals surface area contributed by atoms with E-state index in [9.17, 15) is 13.2 Å². The summed E-state index contributed by atoms with van der Waals surface area (Å²) < 4.78 is 24.9. The average Bonchev–Trinajstić information content (AvgIpc) is 3.13. The Morgan fingerprint density at radius 2 is 1.81 bits per heavy atom. The molecule has 0 unspecified atom stereocenters. The molecule has 0 radical (unpaired) electrons. The molecule has 2 saturated heterocycles. The van der Waals surface area contributed by atoms with Crippen LogP contribution in [0.25, 0.3) is 0 Å². The average molecular weight is 380 g/mol. The van der Waals surface area contributed by atoms with Crippen molar-refractivity contribution in [3.63, 3.8) is 0 Å². The highest BCUT2D eigenvalue weighted by molar-refractivity contribution is 7.88. The van der Waals surface area contributed by atoms with Gasteiger partial charge in [0.2, 0.25) is 15.9 Å². The van der Waals surface area contributed by atoms with Crippen LogP contribution in [0, 0.1) is 5.92 Å². The third kappa shape index (κ3) is 5.05. The van der Waals surface area contributed by atoms with Crippen molar-refractivity contribution in [1.29, 1.82) is 0 Å². The first-order valence-electron chi connectivity index (χ1n) is 9.45. The fraction of sp³-hybridized carbons (Fsp3) is 0.632. The highest BCUT2D eigenvalue weighted by Gasteiger charge is 2.30. The van der Waals surface area contributed by atoms with Crippen LogP contribution in [0.1, 0.15) is 36.8 Å². The standard InChI is InChI=1S/C19H29N3O3S/c1-26(24,25)22-12-6-9-18(15-22)19(23)20-13-16-7-2-3-8-17(16)14-21-10-4-5-11-21/h2-3,7-8,18H,4-6,9-15H2,1H3,(H,20,23)/t18-/m1/s1. The van der Waals surface area contributed by atoms with Crippen LogP contribution in [-0.2, 0) is 27.9 Å². The quantitative estimate of drug-likeness (QED) is 0.815. The molecule has 1 amide bonds. The molecule has 1 aromatic rings. The van der Waals surface area contributed by atoms with E-state index in [1.54, 1.807) is 0 Å². The first-order chi connectivity index (χ1) is 12.4. The van der Waals surface area contributed by atoms with Crippen molar-refractivity contribution in [3.8, 4) is 0 Å². The van der Waals surface area contributed by atoms with Crippen LogP contribution in [0.15, 0.2) is 24.3 Å². The maximum Gasteiger partial charge on any atom is 0.224 e. The van der Waals surface area contributed by atoms with Crippen molar-refractivity contribution in [2.24, 2.45) is 5.92 Å². The van der Waals surface area contributed by atoms with Gasteiger partial charge in [0, 0.05) is 26.2 Å². The Bertz CT molecular complexity index is 729. The molecular weight excluding hydrogens is 350 g/mol. The topological polar surface area (TPSA) is 69.7 Å². The molecule has 2 aliphatic heterocycles. The van der Waals surface area contributed by atoms with Crippen LogP contribution in [0.5, 0.6) is 0 Å². The van der Waals surface area contributed by atoms with E-state index in [-0.39, 0.29) is 11.8 Å². The Morgan fingerprint density at radius 3 is 2.50 bits per heavy atom. The van der Waals surface area contributed by atoms with Crippen LogP contribution in [0.2, 0.25) is 0 Å². The van der Waals surface area contributed by atoms with E-state index in [2.05, 4.69) is 22.3 Å². The number of sulfonamides is 1. The van der Waals surface area contributed by atoms with Crippen molar-refractivity contribution >= 4 is 15.9 Å². The van der Waals surface area contributed by atoms with Gasteiger partial charge in [-0.05, 0) is 49.9 Å². The van der Waals surface area contributed by atoms with Gasteiger partial charge in [-0.1, -0.05) is 24.3 Å². The number of carbonyl (C=O) groups excluding carboxylic acids is 1. The molecule has 6 nitrogen and oxygen atoms in total. The van der Waals surface area contributed by atoms with Crippen LogP contribution in [-0.4, -0.2) is 56.0 Å². The van der Waals surface area contributed by atoms with E-state index in [1.807, 2.05) is 12.1 Å². The monoisotopic (exact) mass is 379 g/mol. The molecule has 1 atom stereocenters. The lowest BCUT2D eigenvalue weighted by Crippen LogP contribution is -2.44. The summed E-state index contributed by atoms with van der Waals surface area (Å²) in [6.07, 6.45) is 5.21. The summed E-state index contributed by atoms with van der Waals surface area (Å²) in [5, 5.41) is 3.03. The summed E-state index contributed by atoms with van der Waals surface area (Å²) in [5.41, 5.74) is 2.40. The van der Waals surface area contributed by atoms with Gasteiger partial charge in [-0.3, -0.25) is 9.69 Å². The molecule has 3 rings (SSSR count). The van der Waals surface area contributed by atoms with Gasteiger partial charge in [-0.2, -0.15) is 0 Å². The van der Waals surface area contributed by atoms with Crippen molar-refractivity contribution in [2.75, 3.05) is 32.4 Å². The minimum Gasteiger partial charge on any atom is -0.352 e. The Labute approximate surface area is 156 Å². The number of nitrogens with one attached hydrogen (secondary N) is 1. The lowest BCUT2D eigenvalue weighted by molar-refractivity contribution is -0.126. The van der Waals surface area contributed by atoms with Crippen LogP contribution in [0.4, 0.5) is 0 Å². The maximum atomic E-state index is 12.6. The van der Waals surface area contributed by atoms with Gasteiger partial charge in [0.15, 0.2) is 0 Å². The lowest BCUT2D eigenvalue weighted by atomic mass is 9.98. The second-order valence-corrected chi connectivity index (χ2v) is 9.41. The van der Waals surface area contributed by atoms with Gasteiger partial charge >= 0.3 is 0 Å². The minimum absolute atomic E-state index is 0.0469. The van der Waals surface area contributed by atoms with Gasteiger partial charge in [0.05, 0.1) is 12.2 Å². The zero-order valence-corrected chi connectivity index (χ0v) is 16.3. The number of hydrogen-bond donors (Lipinski definition) is 1. The molecule has 2 heterocycles. The molecule has 0 saturated carbocycles. The molecule has 2 aliphatic rings. The van der Waals surface area contributed by atoms with E-state index in [1.165, 1.54) is 29.0 Å². The fourth-order valence-corrected chi connectivity index (χ4v) is 4.76. The zero-order valence-electron chi connectivity index (χ0n) is 15.5.